The number of nitrogens with one attached hydrogen (secondary N) is 1. The molecule has 2 aromatic carbocycles. The topological polar surface area (TPSA) is 35.6 Å². The summed E-state index contributed by atoms with van der Waals surface area (Å²) in [5.74, 6) is 0. The van der Waals surface area contributed by atoms with E-state index in [1.807, 2.05) is 48.2 Å². The number of nitrogens with zero attached hydrogens (tertiary/aromatic N) is 2. The second-order valence-corrected chi connectivity index (χ2v) is 7.34. The lowest BCUT2D eigenvalue weighted by Crippen LogP contribution is -2.49. The molecular formula is C19H20BrN3O. The minimum atomic E-state index is -0.0595. The van der Waals surface area contributed by atoms with E-state index >= 15 is 0 Å². The van der Waals surface area contributed by atoms with E-state index in [9.17, 15) is 4.79 Å². The summed E-state index contributed by atoms with van der Waals surface area (Å²) in [7, 11) is 0. The van der Waals surface area contributed by atoms with Crippen LogP contribution in [0, 0.1) is 6.92 Å². The van der Waals surface area contributed by atoms with Crippen molar-refractivity contribution in [3.8, 4) is 0 Å². The first-order valence-electron chi connectivity index (χ1n) is 8.34. The minimum absolute atomic E-state index is 0.0595. The molecule has 0 saturated carbocycles. The third-order valence-corrected chi connectivity index (χ3v) is 5.80. The van der Waals surface area contributed by atoms with Gasteiger partial charge in [-0.05, 0) is 55.7 Å². The van der Waals surface area contributed by atoms with Gasteiger partial charge in [-0.3, -0.25) is 4.90 Å². The van der Waals surface area contributed by atoms with Gasteiger partial charge in [-0.25, -0.2) is 4.79 Å². The molecule has 2 heterocycles. The van der Waals surface area contributed by atoms with Crippen molar-refractivity contribution in [3.05, 3.63) is 52.5 Å². The molecule has 2 aliphatic heterocycles. The molecular weight excluding hydrogens is 366 g/mol. The van der Waals surface area contributed by atoms with E-state index < -0.39 is 0 Å². The molecule has 1 fully saturated rings. The zero-order valence-electron chi connectivity index (χ0n) is 13.6. The van der Waals surface area contributed by atoms with E-state index in [2.05, 4.69) is 32.2 Å². The van der Waals surface area contributed by atoms with Gasteiger partial charge in [-0.15, -0.1) is 0 Å². The van der Waals surface area contributed by atoms with Crippen molar-refractivity contribution < 1.29 is 4.79 Å². The van der Waals surface area contributed by atoms with Gasteiger partial charge < -0.3 is 10.2 Å². The number of halogens is 1. The maximum absolute atomic E-state index is 12.9. The Balaban J connectivity index is 1.62. The van der Waals surface area contributed by atoms with Gasteiger partial charge in [0.15, 0.2) is 0 Å². The molecule has 4 nitrogen and oxygen atoms in total. The van der Waals surface area contributed by atoms with Gasteiger partial charge in [0.05, 0.1) is 11.4 Å². The lowest BCUT2D eigenvalue weighted by atomic mass is 10.1. The molecule has 24 heavy (non-hydrogen) atoms. The van der Waals surface area contributed by atoms with Crippen molar-refractivity contribution in [1.29, 1.82) is 0 Å². The van der Waals surface area contributed by atoms with Gasteiger partial charge in [0.25, 0.3) is 0 Å². The summed E-state index contributed by atoms with van der Waals surface area (Å²) in [5, 5.41) is 3.05. The summed E-state index contributed by atoms with van der Waals surface area (Å²) in [5.41, 5.74) is 4.11. The van der Waals surface area contributed by atoms with E-state index in [1.54, 1.807) is 0 Å². The van der Waals surface area contributed by atoms with Gasteiger partial charge in [-0.1, -0.05) is 28.1 Å². The second-order valence-electron chi connectivity index (χ2n) is 6.48. The highest BCUT2D eigenvalue weighted by Gasteiger charge is 2.36. The number of carbonyl (C=O) groups is 1. The maximum atomic E-state index is 12.9. The predicted octanol–water partition coefficient (Wildman–Crippen LogP) is 4.78. The van der Waals surface area contributed by atoms with E-state index in [-0.39, 0.29) is 6.03 Å². The Morgan fingerprint density at radius 2 is 2.00 bits per heavy atom. The van der Waals surface area contributed by atoms with E-state index in [0.29, 0.717) is 6.04 Å². The number of urea groups is 1. The Hall–Kier alpha value is -2.01. The van der Waals surface area contributed by atoms with Crippen molar-refractivity contribution in [1.82, 2.24) is 0 Å². The van der Waals surface area contributed by atoms with Crippen LogP contribution < -0.4 is 15.1 Å². The fourth-order valence-corrected chi connectivity index (χ4v) is 3.94. The van der Waals surface area contributed by atoms with Crippen LogP contribution in [0.15, 0.2) is 46.9 Å². The highest BCUT2D eigenvalue weighted by Crippen LogP contribution is 2.39. The molecule has 0 aromatic heterocycles. The monoisotopic (exact) mass is 385 g/mol. The summed E-state index contributed by atoms with van der Waals surface area (Å²) < 4.78 is 1.05. The fourth-order valence-electron chi connectivity index (χ4n) is 3.69. The van der Waals surface area contributed by atoms with E-state index in [0.717, 1.165) is 40.9 Å². The van der Waals surface area contributed by atoms with Gasteiger partial charge >= 0.3 is 6.03 Å². The van der Waals surface area contributed by atoms with Crippen molar-refractivity contribution in [3.63, 3.8) is 0 Å². The third kappa shape index (κ3) is 2.67. The van der Waals surface area contributed by atoms with Gasteiger partial charge in [0, 0.05) is 29.3 Å². The van der Waals surface area contributed by atoms with Gasteiger partial charge in [0.2, 0.25) is 0 Å². The number of aryl methyl sites for hydroxylation is 1. The number of benzene rings is 2. The number of hydrogen-bond donors (Lipinski definition) is 1. The predicted molar refractivity (Wildman–Crippen MR) is 102 cm³/mol. The molecule has 0 unspecified atom stereocenters. The summed E-state index contributed by atoms with van der Waals surface area (Å²) in [6, 6.07) is 14.5. The number of rotatable bonds is 1. The molecule has 2 aromatic rings. The van der Waals surface area contributed by atoms with Crippen molar-refractivity contribution in [2.45, 2.75) is 25.8 Å². The first-order valence-corrected chi connectivity index (χ1v) is 9.13. The molecule has 4 rings (SSSR count). The van der Waals surface area contributed by atoms with Crippen molar-refractivity contribution >= 4 is 39.0 Å². The smallest absolute Gasteiger partial charge is 0.326 e. The molecule has 0 bridgehead atoms. The van der Waals surface area contributed by atoms with Crippen LogP contribution in [0.1, 0.15) is 18.4 Å². The average molecular weight is 386 g/mol. The number of carbonyl (C=O) groups excluding carboxylic acids is 1. The Kier molecular flexibility index (Phi) is 3.96. The zero-order chi connectivity index (χ0) is 16.7. The van der Waals surface area contributed by atoms with Crippen LogP contribution in [0.2, 0.25) is 0 Å². The quantitative estimate of drug-likeness (QED) is 0.766. The van der Waals surface area contributed by atoms with Gasteiger partial charge in [0.1, 0.15) is 0 Å². The molecule has 2 amide bonds. The van der Waals surface area contributed by atoms with Gasteiger partial charge in [-0.2, -0.15) is 0 Å². The zero-order valence-corrected chi connectivity index (χ0v) is 15.2. The molecule has 1 N–H and O–H groups in total. The average Bonchev–Trinajstić information content (AvgIpc) is 3.06. The number of fused-ring (bicyclic) bond motifs is 3. The summed E-state index contributed by atoms with van der Waals surface area (Å²) >= 11 is 3.50. The summed E-state index contributed by atoms with van der Waals surface area (Å²) in [4.78, 5) is 17.2. The van der Waals surface area contributed by atoms with Crippen LogP contribution in [0.3, 0.4) is 0 Å². The second kappa shape index (κ2) is 6.13. The Labute approximate surface area is 150 Å². The fraction of sp³-hybridized carbons (Fsp3) is 0.316. The lowest BCUT2D eigenvalue weighted by Gasteiger charge is -2.40. The highest BCUT2D eigenvalue weighted by molar-refractivity contribution is 9.10. The van der Waals surface area contributed by atoms with Crippen molar-refractivity contribution in [2.24, 2.45) is 0 Å². The Morgan fingerprint density at radius 3 is 2.79 bits per heavy atom. The minimum Gasteiger partial charge on any atom is -0.365 e. The Bertz CT molecular complexity index is 792. The number of para-hydroxylation sites is 2. The molecule has 124 valence electrons. The normalized spacial score (nSPS) is 19.0. The molecule has 2 aliphatic rings. The lowest BCUT2D eigenvalue weighted by molar-refractivity contribution is 0.256. The van der Waals surface area contributed by atoms with E-state index in [4.69, 9.17) is 0 Å². The van der Waals surface area contributed by atoms with Crippen LogP contribution in [0.4, 0.5) is 21.9 Å². The molecule has 1 atom stereocenters. The van der Waals surface area contributed by atoms with Crippen molar-refractivity contribution in [2.75, 3.05) is 28.2 Å². The molecule has 0 radical (unpaired) electrons. The molecule has 1 saturated heterocycles. The Morgan fingerprint density at radius 1 is 1.21 bits per heavy atom. The first-order chi connectivity index (χ1) is 11.6. The largest absolute Gasteiger partial charge is 0.365 e. The SMILES string of the molecule is Cc1cc(NC(=O)N2C[C@@H]3CCCN3c3ccccc32)ccc1Br. The van der Waals surface area contributed by atoms with Crippen LogP contribution in [-0.4, -0.2) is 25.2 Å². The van der Waals surface area contributed by atoms with Crippen LogP contribution in [0.5, 0.6) is 0 Å². The molecule has 0 aliphatic carbocycles. The highest BCUT2D eigenvalue weighted by atomic mass is 79.9. The number of anilines is 3. The van der Waals surface area contributed by atoms with Crippen LogP contribution in [-0.2, 0) is 0 Å². The third-order valence-electron chi connectivity index (χ3n) is 4.91. The summed E-state index contributed by atoms with van der Waals surface area (Å²) in [6.45, 7) is 3.85. The van der Waals surface area contributed by atoms with Crippen LogP contribution in [0.25, 0.3) is 0 Å². The van der Waals surface area contributed by atoms with Crippen LogP contribution >= 0.6 is 15.9 Å². The van der Waals surface area contributed by atoms with E-state index in [1.165, 1.54) is 12.1 Å². The standard InChI is InChI=1S/C19H20BrN3O/c1-13-11-14(8-9-16(13)20)21-19(24)23-12-15-5-4-10-22(15)17-6-2-3-7-18(17)23/h2-3,6-9,11,15H,4-5,10,12H2,1H3,(H,21,24)/t15-/m0/s1. The first kappa shape index (κ1) is 15.5. The number of hydrogen-bond acceptors (Lipinski definition) is 2. The number of amides is 2. The molecule has 0 spiro atoms. The molecule has 5 heteroatoms. The summed E-state index contributed by atoms with van der Waals surface area (Å²) in [6.07, 6.45) is 2.34. The maximum Gasteiger partial charge on any atom is 0.326 e.